The number of likely N-dealkylation sites (N-methyl/N-ethyl adjacent to an activating group) is 1. The van der Waals surface area contributed by atoms with Crippen LogP contribution in [0.4, 0.5) is 0 Å². The van der Waals surface area contributed by atoms with Crippen LogP contribution in [0.25, 0.3) is 0 Å². The molecule has 20 heavy (non-hydrogen) atoms. The smallest absolute Gasteiger partial charge is 0.308 e. The first-order valence-electron chi connectivity index (χ1n) is 7.50. The molecule has 1 aliphatic rings. The Morgan fingerprint density at radius 1 is 1.45 bits per heavy atom. The molecule has 0 aromatic rings. The van der Waals surface area contributed by atoms with Crippen molar-refractivity contribution in [1.29, 1.82) is 0 Å². The third-order valence-corrected chi connectivity index (χ3v) is 4.24. The fraction of sp³-hybridized carbons (Fsp3) is 0.933. The molecule has 0 aliphatic heterocycles. The van der Waals surface area contributed by atoms with Crippen molar-refractivity contribution in [3.05, 3.63) is 0 Å². The van der Waals surface area contributed by atoms with Crippen molar-refractivity contribution in [3.8, 4) is 0 Å². The van der Waals surface area contributed by atoms with Gasteiger partial charge in [-0.05, 0) is 46.6 Å². The van der Waals surface area contributed by atoms with Crippen molar-refractivity contribution in [1.82, 2.24) is 4.90 Å². The van der Waals surface area contributed by atoms with Gasteiger partial charge in [-0.15, -0.1) is 0 Å². The van der Waals surface area contributed by atoms with Crippen LogP contribution in [0.1, 0.15) is 39.5 Å². The molecule has 1 saturated carbocycles. The molecule has 1 N–H and O–H groups in total. The van der Waals surface area contributed by atoms with E-state index < -0.39 is 5.60 Å². The van der Waals surface area contributed by atoms with Crippen molar-refractivity contribution in [3.63, 3.8) is 0 Å². The van der Waals surface area contributed by atoms with Gasteiger partial charge in [0.05, 0.1) is 24.7 Å². The van der Waals surface area contributed by atoms with Gasteiger partial charge in [0.1, 0.15) is 0 Å². The van der Waals surface area contributed by atoms with Crippen LogP contribution < -0.4 is 0 Å². The highest BCUT2D eigenvalue weighted by Gasteiger charge is 2.37. The quantitative estimate of drug-likeness (QED) is 0.718. The molecule has 0 spiro atoms. The van der Waals surface area contributed by atoms with Crippen molar-refractivity contribution < 1.29 is 19.4 Å². The Balaban J connectivity index is 2.43. The highest BCUT2D eigenvalue weighted by molar-refractivity contribution is 5.72. The summed E-state index contributed by atoms with van der Waals surface area (Å²) in [6.45, 7) is 5.60. The summed E-state index contributed by atoms with van der Waals surface area (Å²) in [4.78, 5) is 13.8. The topological polar surface area (TPSA) is 59.0 Å². The van der Waals surface area contributed by atoms with Crippen LogP contribution in [0.15, 0.2) is 0 Å². The van der Waals surface area contributed by atoms with Gasteiger partial charge in [-0.25, -0.2) is 0 Å². The first kappa shape index (κ1) is 17.4. The third kappa shape index (κ3) is 5.04. The van der Waals surface area contributed by atoms with Gasteiger partial charge in [-0.2, -0.15) is 0 Å². The van der Waals surface area contributed by atoms with Gasteiger partial charge in [0.25, 0.3) is 0 Å². The summed E-state index contributed by atoms with van der Waals surface area (Å²) < 4.78 is 10.2. The second-order valence-corrected chi connectivity index (χ2v) is 5.97. The summed E-state index contributed by atoms with van der Waals surface area (Å²) in [5.41, 5.74) is -0.695. The van der Waals surface area contributed by atoms with Gasteiger partial charge < -0.3 is 14.6 Å². The van der Waals surface area contributed by atoms with Gasteiger partial charge in [0, 0.05) is 19.7 Å². The lowest BCUT2D eigenvalue weighted by molar-refractivity contribution is -0.151. The highest BCUT2D eigenvalue weighted by Crippen LogP contribution is 2.33. The van der Waals surface area contributed by atoms with E-state index >= 15 is 0 Å². The summed E-state index contributed by atoms with van der Waals surface area (Å²) in [5.74, 6) is -0.160. The summed E-state index contributed by atoms with van der Waals surface area (Å²) in [6, 6.07) is 0.270. The molecule has 0 amide bonds. The summed E-state index contributed by atoms with van der Waals surface area (Å²) in [5, 5.41) is 10.7. The highest BCUT2D eigenvalue weighted by atomic mass is 16.5. The van der Waals surface area contributed by atoms with E-state index in [2.05, 4.69) is 11.8 Å². The van der Waals surface area contributed by atoms with E-state index in [1.54, 1.807) is 7.11 Å². The van der Waals surface area contributed by atoms with Gasteiger partial charge in [0.2, 0.25) is 0 Å². The molecule has 5 nitrogen and oxygen atoms in total. The molecule has 1 unspecified atom stereocenters. The SMILES string of the molecule is CCOC(=O)C1CCC(O)(CN(C)C(C)COC)CC1. The number of hydrogen-bond donors (Lipinski definition) is 1. The van der Waals surface area contributed by atoms with Crippen molar-refractivity contribution in [2.75, 3.05) is 33.9 Å². The van der Waals surface area contributed by atoms with Crippen molar-refractivity contribution in [2.24, 2.45) is 5.92 Å². The van der Waals surface area contributed by atoms with E-state index in [1.165, 1.54) is 0 Å². The lowest BCUT2D eigenvalue weighted by atomic mass is 9.78. The lowest BCUT2D eigenvalue weighted by Gasteiger charge is -2.39. The normalized spacial score (nSPS) is 28.4. The Kier molecular flexibility index (Phi) is 6.92. The van der Waals surface area contributed by atoms with Crippen LogP contribution in [0.5, 0.6) is 0 Å². The van der Waals surface area contributed by atoms with Crippen LogP contribution in [0, 0.1) is 5.92 Å². The summed E-state index contributed by atoms with van der Waals surface area (Å²) in [6.07, 6.45) is 2.73. The Labute approximate surface area is 122 Å². The first-order chi connectivity index (χ1) is 9.41. The van der Waals surface area contributed by atoms with Crippen molar-refractivity contribution >= 4 is 5.97 Å². The van der Waals surface area contributed by atoms with Crippen molar-refractivity contribution in [2.45, 2.75) is 51.2 Å². The van der Waals surface area contributed by atoms with E-state index in [4.69, 9.17) is 9.47 Å². The zero-order valence-electron chi connectivity index (χ0n) is 13.2. The molecular formula is C15H29NO4. The number of rotatable bonds is 7. The monoisotopic (exact) mass is 287 g/mol. The van der Waals surface area contributed by atoms with Crippen LogP contribution in [-0.2, 0) is 14.3 Å². The number of carbonyl (C=O) groups is 1. The average molecular weight is 287 g/mol. The molecule has 1 aliphatic carbocycles. The number of nitrogens with zero attached hydrogens (tertiary/aromatic N) is 1. The number of hydrogen-bond acceptors (Lipinski definition) is 5. The molecule has 1 rings (SSSR count). The zero-order valence-corrected chi connectivity index (χ0v) is 13.2. The second kappa shape index (κ2) is 7.96. The van der Waals surface area contributed by atoms with Crippen LogP contribution >= 0.6 is 0 Å². The average Bonchev–Trinajstić information content (AvgIpc) is 2.39. The molecule has 5 heteroatoms. The molecule has 118 valence electrons. The molecule has 0 saturated heterocycles. The maximum atomic E-state index is 11.7. The van der Waals surface area contributed by atoms with E-state index in [9.17, 15) is 9.90 Å². The van der Waals surface area contributed by atoms with E-state index in [1.807, 2.05) is 14.0 Å². The minimum Gasteiger partial charge on any atom is -0.466 e. The predicted octanol–water partition coefficient (Wildman–Crippen LogP) is 1.44. The molecule has 0 heterocycles. The number of methoxy groups -OCH3 is 1. The molecular weight excluding hydrogens is 258 g/mol. The first-order valence-corrected chi connectivity index (χ1v) is 7.50. The fourth-order valence-corrected chi connectivity index (χ4v) is 2.80. The predicted molar refractivity (Wildman–Crippen MR) is 77.5 cm³/mol. The van der Waals surface area contributed by atoms with Gasteiger partial charge >= 0.3 is 5.97 Å². The summed E-state index contributed by atoms with van der Waals surface area (Å²) in [7, 11) is 3.68. The summed E-state index contributed by atoms with van der Waals surface area (Å²) >= 11 is 0. The number of carbonyl (C=O) groups excluding carboxylic acids is 1. The van der Waals surface area contributed by atoms with E-state index in [-0.39, 0.29) is 17.9 Å². The minimum absolute atomic E-state index is 0.0445. The molecule has 1 fully saturated rings. The second-order valence-electron chi connectivity index (χ2n) is 5.97. The largest absolute Gasteiger partial charge is 0.466 e. The van der Waals surface area contributed by atoms with Gasteiger partial charge in [-0.1, -0.05) is 0 Å². The molecule has 0 bridgehead atoms. The maximum Gasteiger partial charge on any atom is 0.308 e. The fourth-order valence-electron chi connectivity index (χ4n) is 2.80. The number of ether oxygens (including phenoxy) is 2. The zero-order chi connectivity index (χ0) is 15.2. The Morgan fingerprint density at radius 2 is 2.05 bits per heavy atom. The van der Waals surface area contributed by atoms with Crippen LogP contribution in [0.3, 0.4) is 0 Å². The molecule has 0 radical (unpaired) electrons. The van der Waals surface area contributed by atoms with E-state index in [0.717, 1.165) is 0 Å². The number of esters is 1. The molecule has 0 aromatic carbocycles. The van der Waals surface area contributed by atoms with Gasteiger partial charge in [-0.3, -0.25) is 9.69 Å². The number of aliphatic hydroxyl groups is 1. The van der Waals surface area contributed by atoms with E-state index in [0.29, 0.717) is 45.4 Å². The maximum absolute atomic E-state index is 11.7. The van der Waals surface area contributed by atoms with Crippen LogP contribution in [0.2, 0.25) is 0 Å². The third-order valence-electron chi connectivity index (χ3n) is 4.24. The Morgan fingerprint density at radius 3 is 2.55 bits per heavy atom. The molecule has 0 aromatic heterocycles. The Bertz CT molecular complexity index is 300. The minimum atomic E-state index is -0.695. The van der Waals surface area contributed by atoms with Gasteiger partial charge in [0.15, 0.2) is 0 Å². The van der Waals surface area contributed by atoms with Crippen LogP contribution in [-0.4, -0.2) is 61.5 Å². The Hall–Kier alpha value is -0.650. The molecule has 1 atom stereocenters. The lowest BCUT2D eigenvalue weighted by Crippen LogP contribution is -2.48. The standard InChI is InChI=1S/C15H29NO4/c1-5-20-14(17)13-6-8-15(18,9-7-13)11-16(3)12(2)10-19-4/h12-13,18H,5-11H2,1-4H3.